The van der Waals surface area contributed by atoms with E-state index >= 15 is 0 Å². The van der Waals surface area contributed by atoms with Crippen LogP contribution in [0.25, 0.3) is 11.0 Å². The molecule has 1 N–H and O–H groups in total. The van der Waals surface area contributed by atoms with Gasteiger partial charge in [-0.15, -0.1) is 0 Å². The topological polar surface area (TPSA) is 75.9 Å². The fraction of sp³-hybridized carbons (Fsp3) is 0.600. The Hall–Kier alpha value is -1.83. The van der Waals surface area contributed by atoms with E-state index in [0.29, 0.717) is 13.1 Å². The van der Waals surface area contributed by atoms with Gasteiger partial charge >= 0.3 is 0 Å². The minimum Gasteiger partial charge on any atom is -0.356 e. The first-order valence-electron chi connectivity index (χ1n) is 8.04. The number of nitrogens with zero attached hydrogens (tertiary/aromatic N) is 5. The molecule has 1 fully saturated rings. The number of hydrogen-bond donors (Lipinski definition) is 1. The quantitative estimate of drug-likeness (QED) is 0.640. The van der Waals surface area contributed by atoms with Gasteiger partial charge in [0.1, 0.15) is 5.82 Å². The molecule has 124 valence electrons. The van der Waals surface area contributed by atoms with Gasteiger partial charge in [0.05, 0.1) is 18.1 Å². The van der Waals surface area contributed by atoms with Gasteiger partial charge in [0.25, 0.3) is 0 Å². The molecule has 0 spiro atoms. The molecule has 2 aromatic rings. The molecule has 0 saturated carbocycles. The lowest BCUT2D eigenvalue weighted by Crippen LogP contribution is -2.25. The third kappa shape index (κ3) is 3.57. The van der Waals surface area contributed by atoms with Crippen molar-refractivity contribution >= 4 is 34.5 Å². The molecule has 0 atom stereocenters. The molecule has 3 heterocycles. The Balaban J connectivity index is 1.94. The standard InChI is InChI=1S/C15H22N6OS/c1-3-23-15-18-13(20-7-4-5-8-20)12-10-17-21(14(12)19-15)9-6-16-11(2)22/h10H,3-9H2,1-2H3,(H,16,22). The summed E-state index contributed by atoms with van der Waals surface area (Å²) < 4.78 is 1.85. The first kappa shape index (κ1) is 16.0. The lowest BCUT2D eigenvalue weighted by atomic mass is 10.3. The molecule has 7 nitrogen and oxygen atoms in total. The number of carbonyl (C=O) groups excluding carboxylic acids is 1. The van der Waals surface area contributed by atoms with E-state index in [9.17, 15) is 4.79 Å². The van der Waals surface area contributed by atoms with Gasteiger partial charge in [-0.1, -0.05) is 18.7 Å². The molecular weight excluding hydrogens is 312 g/mol. The van der Waals surface area contributed by atoms with E-state index in [2.05, 4.69) is 27.2 Å². The van der Waals surface area contributed by atoms with Crippen LogP contribution in [0.3, 0.4) is 0 Å². The second-order valence-electron chi connectivity index (χ2n) is 5.54. The molecule has 3 rings (SSSR count). The van der Waals surface area contributed by atoms with Crippen molar-refractivity contribution in [2.24, 2.45) is 0 Å². The summed E-state index contributed by atoms with van der Waals surface area (Å²) >= 11 is 1.64. The smallest absolute Gasteiger partial charge is 0.216 e. The van der Waals surface area contributed by atoms with Crippen LogP contribution < -0.4 is 10.2 Å². The predicted molar refractivity (Wildman–Crippen MR) is 91.9 cm³/mol. The van der Waals surface area contributed by atoms with Gasteiger partial charge in [-0.25, -0.2) is 14.6 Å². The average Bonchev–Trinajstić information content (AvgIpc) is 3.17. The van der Waals surface area contributed by atoms with Gasteiger partial charge < -0.3 is 10.2 Å². The number of nitrogens with one attached hydrogen (secondary N) is 1. The van der Waals surface area contributed by atoms with Crippen molar-refractivity contribution in [2.75, 3.05) is 30.3 Å². The SMILES string of the molecule is CCSc1nc(N2CCCC2)c2cnn(CCNC(C)=O)c2n1. The number of thioether (sulfide) groups is 1. The lowest BCUT2D eigenvalue weighted by Gasteiger charge is -2.17. The number of hydrogen-bond acceptors (Lipinski definition) is 6. The highest BCUT2D eigenvalue weighted by molar-refractivity contribution is 7.99. The molecule has 1 saturated heterocycles. The molecule has 0 unspecified atom stereocenters. The molecule has 0 aromatic carbocycles. The maximum Gasteiger partial charge on any atom is 0.216 e. The molecule has 1 aliphatic rings. The first-order chi connectivity index (χ1) is 11.2. The van der Waals surface area contributed by atoms with Crippen molar-refractivity contribution in [3.63, 3.8) is 0 Å². The van der Waals surface area contributed by atoms with Crippen molar-refractivity contribution in [1.29, 1.82) is 0 Å². The van der Waals surface area contributed by atoms with Crippen LogP contribution in [-0.4, -0.2) is 51.0 Å². The van der Waals surface area contributed by atoms with Crippen LogP contribution in [0.15, 0.2) is 11.4 Å². The van der Waals surface area contributed by atoms with Crippen LogP contribution in [0, 0.1) is 0 Å². The van der Waals surface area contributed by atoms with Gasteiger partial charge in [-0.2, -0.15) is 5.10 Å². The van der Waals surface area contributed by atoms with E-state index in [1.165, 1.54) is 19.8 Å². The largest absolute Gasteiger partial charge is 0.356 e. The van der Waals surface area contributed by atoms with Gasteiger partial charge in [-0.3, -0.25) is 4.79 Å². The second kappa shape index (κ2) is 7.16. The van der Waals surface area contributed by atoms with Gasteiger partial charge in [0.15, 0.2) is 10.8 Å². The lowest BCUT2D eigenvalue weighted by molar-refractivity contribution is -0.118. The first-order valence-corrected chi connectivity index (χ1v) is 9.03. The van der Waals surface area contributed by atoms with Crippen LogP contribution in [0.2, 0.25) is 0 Å². The van der Waals surface area contributed by atoms with Crippen molar-refractivity contribution in [3.05, 3.63) is 6.20 Å². The maximum atomic E-state index is 11.0. The zero-order valence-corrected chi connectivity index (χ0v) is 14.4. The van der Waals surface area contributed by atoms with Crippen LogP contribution in [-0.2, 0) is 11.3 Å². The summed E-state index contributed by atoms with van der Waals surface area (Å²) in [7, 11) is 0. The predicted octanol–water partition coefficient (Wildman–Crippen LogP) is 1.67. The number of fused-ring (bicyclic) bond motifs is 1. The van der Waals surface area contributed by atoms with E-state index in [-0.39, 0.29) is 5.91 Å². The van der Waals surface area contributed by atoms with Gasteiger partial charge in [0, 0.05) is 26.6 Å². The fourth-order valence-corrected chi connectivity index (χ4v) is 3.35. The zero-order chi connectivity index (χ0) is 16.2. The number of amides is 1. The van der Waals surface area contributed by atoms with E-state index in [1.54, 1.807) is 11.8 Å². The monoisotopic (exact) mass is 334 g/mol. The number of carbonyl (C=O) groups is 1. The molecular formula is C15H22N6OS. The Kier molecular flexibility index (Phi) is 5.00. The Morgan fingerprint density at radius 1 is 1.35 bits per heavy atom. The summed E-state index contributed by atoms with van der Waals surface area (Å²) in [6.45, 7) is 6.85. The highest BCUT2D eigenvalue weighted by atomic mass is 32.2. The second-order valence-corrected chi connectivity index (χ2v) is 6.78. The van der Waals surface area contributed by atoms with Crippen LogP contribution in [0.5, 0.6) is 0 Å². The van der Waals surface area contributed by atoms with Crippen LogP contribution in [0.4, 0.5) is 5.82 Å². The summed E-state index contributed by atoms with van der Waals surface area (Å²) in [6.07, 6.45) is 4.26. The number of anilines is 1. The Morgan fingerprint density at radius 2 is 2.13 bits per heavy atom. The highest BCUT2D eigenvalue weighted by Gasteiger charge is 2.20. The van der Waals surface area contributed by atoms with E-state index < -0.39 is 0 Å². The summed E-state index contributed by atoms with van der Waals surface area (Å²) in [5, 5.41) is 9.04. The normalized spacial score (nSPS) is 14.6. The molecule has 2 aromatic heterocycles. The molecule has 0 bridgehead atoms. The molecule has 1 aliphatic heterocycles. The summed E-state index contributed by atoms with van der Waals surface area (Å²) in [5.74, 6) is 1.90. The number of rotatable bonds is 6. The number of aromatic nitrogens is 4. The fourth-order valence-electron chi connectivity index (χ4n) is 2.79. The minimum absolute atomic E-state index is 0.0314. The molecule has 0 aliphatic carbocycles. The van der Waals surface area contributed by atoms with Crippen LogP contribution in [0.1, 0.15) is 26.7 Å². The van der Waals surface area contributed by atoms with E-state index in [0.717, 1.165) is 40.9 Å². The Labute approximate surface area is 139 Å². The van der Waals surface area contributed by atoms with E-state index in [1.807, 2.05) is 10.9 Å². The maximum absolute atomic E-state index is 11.0. The Bertz CT molecular complexity index is 695. The summed E-state index contributed by atoms with van der Waals surface area (Å²) in [5.41, 5.74) is 0.850. The van der Waals surface area contributed by atoms with Gasteiger partial charge in [-0.05, 0) is 18.6 Å². The summed E-state index contributed by atoms with van der Waals surface area (Å²) in [4.78, 5) is 22.8. The zero-order valence-electron chi connectivity index (χ0n) is 13.6. The third-order valence-corrected chi connectivity index (χ3v) is 4.56. The highest BCUT2D eigenvalue weighted by Crippen LogP contribution is 2.29. The average molecular weight is 334 g/mol. The van der Waals surface area contributed by atoms with Crippen molar-refractivity contribution in [3.8, 4) is 0 Å². The third-order valence-electron chi connectivity index (χ3n) is 3.83. The van der Waals surface area contributed by atoms with Crippen molar-refractivity contribution < 1.29 is 4.79 Å². The molecule has 23 heavy (non-hydrogen) atoms. The van der Waals surface area contributed by atoms with Crippen LogP contribution >= 0.6 is 11.8 Å². The Morgan fingerprint density at radius 3 is 2.83 bits per heavy atom. The molecule has 8 heteroatoms. The molecule has 0 radical (unpaired) electrons. The van der Waals surface area contributed by atoms with Crippen molar-refractivity contribution in [1.82, 2.24) is 25.1 Å². The summed E-state index contributed by atoms with van der Waals surface area (Å²) in [6, 6.07) is 0. The van der Waals surface area contributed by atoms with Gasteiger partial charge in [0.2, 0.25) is 5.91 Å². The minimum atomic E-state index is -0.0314. The molecule has 1 amide bonds. The van der Waals surface area contributed by atoms with Crippen molar-refractivity contribution in [2.45, 2.75) is 38.4 Å². The van der Waals surface area contributed by atoms with E-state index in [4.69, 9.17) is 4.98 Å².